The standard InChI is InChI=1S/C15H17N3O.C14H16F3NO/c1-11(16)4-5-13-6-7-14(15(8-13)19-3)18-9-12(2)17-10-18;1-2-3-13-10(6-9(19)7-18-13)8-4-11(15)14(17)12(16)5-8/h4-10,16H,1-3H3;3-5,9-10,18-19H,2,6-7H2,1H3/b5-4+,16-11?;13-3-. The van der Waals surface area contributed by atoms with Gasteiger partial charge in [0.05, 0.1) is 30.9 Å². The molecule has 202 valence electrons. The van der Waals surface area contributed by atoms with Gasteiger partial charge in [-0.2, -0.15) is 0 Å². The highest BCUT2D eigenvalue weighted by atomic mass is 19.2. The lowest BCUT2D eigenvalue weighted by Crippen LogP contribution is -2.36. The molecule has 1 fully saturated rings. The lowest BCUT2D eigenvalue weighted by atomic mass is 9.86. The van der Waals surface area contributed by atoms with Gasteiger partial charge in [-0.1, -0.05) is 25.1 Å². The minimum absolute atomic E-state index is 0.336. The number of aliphatic hydroxyl groups excluding tert-OH is 1. The van der Waals surface area contributed by atoms with Crippen LogP contribution in [0.15, 0.2) is 60.7 Å². The first-order valence-electron chi connectivity index (χ1n) is 12.3. The van der Waals surface area contributed by atoms with Gasteiger partial charge in [0.25, 0.3) is 0 Å². The molecule has 0 spiro atoms. The van der Waals surface area contributed by atoms with E-state index in [-0.39, 0.29) is 5.92 Å². The first-order valence-corrected chi connectivity index (χ1v) is 12.3. The Kier molecular flexibility index (Phi) is 9.90. The van der Waals surface area contributed by atoms with Crippen molar-refractivity contribution in [2.75, 3.05) is 13.7 Å². The van der Waals surface area contributed by atoms with E-state index < -0.39 is 23.6 Å². The van der Waals surface area contributed by atoms with Crippen LogP contribution >= 0.6 is 0 Å². The van der Waals surface area contributed by atoms with Gasteiger partial charge in [0, 0.05) is 30.1 Å². The number of β-amino-alcohol motifs (C(OH)–C–C–N with tert-alkyl or cyclic N) is 1. The minimum atomic E-state index is -1.46. The quantitative estimate of drug-likeness (QED) is 0.269. The summed E-state index contributed by atoms with van der Waals surface area (Å²) in [6.45, 7) is 6.06. The van der Waals surface area contributed by atoms with E-state index in [9.17, 15) is 18.3 Å². The SMILES string of the molecule is CC/C=C1\NCC(O)CC1c1cc(F)c(F)c(F)c1.COc1cc(/C=C/C(C)=N)ccc1-n1cnc(C)c1. The highest BCUT2D eigenvalue weighted by Crippen LogP contribution is 2.32. The minimum Gasteiger partial charge on any atom is -0.495 e. The third kappa shape index (κ3) is 7.35. The monoisotopic (exact) mass is 526 g/mol. The third-order valence-electron chi connectivity index (χ3n) is 5.98. The molecule has 2 atom stereocenters. The molecule has 1 aliphatic heterocycles. The molecule has 0 radical (unpaired) electrons. The fraction of sp³-hybridized carbons (Fsp3) is 0.310. The largest absolute Gasteiger partial charge is 0.495 e. The third-order valence-corrected chi connectivity index (χ3v) is 5.98. The van der Waals surface area contributed by atoms with E-state index >= 15 is 0 Å². The molecule has 0 aliphatic carbocycles. The van der Waals surface area contributed by atoms with Gasteiger partial charge in [-0.15, -0.1) is 0 Å². The van der Waals surface area contributed by atoms with E-state index in [0.29, 0.717) is 24.2 Å². The van der Waals surface area contributed by atoms with Gasteiger partial charge in [0.1, 0.15) is 5.75 Å². The number of aromatic nitrogens is 2. The lowest BCUT2D eigenvalue weighted by Gasteiger charge is -2.31. The zero-order valence-electron chi connectivity index (χ0n) is 21.9. The van der Waals surface area contributed by atoms with Crippen LogP contribution in [0.2, 0.25) is 0 Å². The van der Waals surface area contributed by atoms with Crippen molar-refractivity contribution in [1.82, 2.24) is 14.9 Å². The van der Waals surface area contributed by atoms with Crippen LogP contribution < -0.4 is 10.1 Å². The Balaban J connectivity index is 0.000000211. The fourth-order valence-electron chi connectivity index (χ4n) is 4.15. The number of ether oxygens (including phenoxy) is 1. The van der Waals surface area contributed by atoms with E-state index in [4.69, 9.17) is 10.1 Å². The Morgan fingerprint density at radius 2 is 1.95 bits per heavy atom. The summed E-state index contributed by atoms with van der Waals surface area (Å²) in [5.74, 6) is -3.43. The normalized spacial score (nSPS) is 18.2. The van der Waals surface area contributed by atoms with Crippen molar-refractivity contribution in [2.45, 2.75) is 45.6 Å². The number of methoxy groups -OCH3 is 1. The molecule has 4 rings (SSSR count). The van der Waals surface area contributed by atoms with Crippen molar-refractivity contribution < 1.29 is 23.0 Å². The van der Waals surface area contributed by atoms with Crippen LogP contribution in [0.3, 0.4) is 0 Å². The molecule has 0 amide bonds. The lowest BCUT2D eigenvalue weighted by molar-refractivity contribution is 0.143. The van der Waals surface area contributed by atoms with Crippen LogP contribution in [-0.4, -0.2) is 40.1 Å². The Morgan fingerprint density at radius 3 is 2.53 bits per heavy atom. The fourth-order valence-corrected chi connectivity index (χ4v) is 4.15. The molecule has 2 aromatic carbocycles. The highest BCUT2D eigenvalue weighted by Gasteiger charge is 2.27. The average Bonchev–Trinajstić information content (AvgIpc) is 3.33. The zero-order valence-corrected chi connectivity index (χ0v) is 21.9. The Hall–Kier alpha value is -3.85. The van der Waals surface area contributed by atoms with Crippen LogP contribution in [0.1, 0.15) is 49.4 Å². The van der Waals surface area contributed by atoms with Crippen molar-refractivity contribution in [3.63, 3.8) is 0 Å². The van der Waals surface area contributed by atoms with Crippen LogP contribution in [-0.2, 0) is 0 Å². The molecule has 1 aliphatic rings. The molecule has 0 bridgehead atoms. The number of imidazole rings is 1. The molecule has 2 heterocycles. The molecular formula is C29H33F3N4O2. The van der Waals surface area contributed by atoms with Crippen molar-refractivity contribution in [3.05, 3.63) is 95.0 Å². The summed E-state index contributed by atoms with van der Waals surface area (Å²) in [7, 11) is 1.65. The topological polar surface area (TPSA) is 83.2 Å². The van der Waals surface area contributed by atoms with Crippen molar-refractivity contribution >= 4 is 11.8 Å². The summed E-state index contributed by atoms with van der Waals surface area (Å²) < 4.78 is 46.9. The van der Waals surface area contributed by atoms with Gasteiger partial charge in [0.15, 0.2) is 17.5 Å². The summed E-state index contributed by atoms with van der Waals surface area (Å²) in [5.41, 5.74) is 4.59. The number of hydrogen-bond acceptors (Lipinski definition) is 5. The second kappa shape index (κ2) is 13.1. The molecule has 1 saturated heterocycles. The summed E-state index contributed by atoms with van der Waals surface area (Å²) in [4.78, 5) is 4.22. The maximum absolute atomic E-state index is 13.3. The Bertz CT molecular complexity index is 1310. The van der Waals surface area contributed by atoms with Gasteiger partial charge >= 0.3 is 0 Å². The smallest absolute Gasteiger partial charge is 0.194 e. The van der Waals surface area contributed by atoms with Gasteiger partial charge in [0.2, 0.25) is 0 Å². The highest BCUT2D eigenvalue weighted by molar-refractivity contribution is 5.93. The first-order chi connectivity index (χ1) is 18.1. The predicted molar refractivity (Wildman–Crippen MR) is 143 cm³/mol. The predicted octanol–water partition coefficient (Wildman–Crippen LogP) is 6.08. The second-order valence-corrected chi connectivity index (χ2v) is 9.06. The van der Waals surface area contributed by atoms with E-state index in [1.54, 1.807) is 26.4 Å². The molecule has 2 unspecified atom stereocenters. The molecule has 6 nitrogen and oxygen atoms in total. The Morgan fingerprint density at radius 1 is 1.24 bits per heavy atom. The Labute approximate surface area is 221 Å². The van der Waals surface area contributed by atoms with Crippen LogP contribution in [0, 0.1) is 29.8 Å². The maximum atomic E-state index is 13.3. The van der Waals surface area contributed by atoms with E-state index in [1.807, 2.05) is 55.0 Å². The number of aliphatic hydroxyl groups is 1. The number of halogens is 3. The van der Waals surface area contributed by atoms with Crippen molar-refractivity contribution in [1.29, 1.82) is 5.41 Å². The summed E-state index contributed by atoms with van der Waals surface area (Å²) >= 11 is 0. The molecule has 1 aromatic heterocycles. The molecular weight excluding hydrogens is 493 g/mol. The van der Waals surface area contributed by atoms with Crippen molar-refractivity contribution in [2.24, 2.45) is 0 Å². The molecule has 3 aromatic rings. The first kappa shape index (κ1) is 28.7. The number of benzene rings is 2. The molecule has 3 N–H and O–H groups in total. The number of aryl methyl sites for hydroxylation is 1. The van der Waals surface area contributed by atoms with Gasteiger partial charge in [-0.25, -0.2) is 18.2 Å². The zero-order chi connectivity index (χ0) is 27.8. The number of hydrogen-bond donors (Lipinski definition) is 3. The molecule has 38 heavy (non-hydrogen) atoms. The number of rotatable bonds is 6. The summed E-state index contributed by atoms with van der Waals surface area (Å²) in [6.07, 6.45) is 9.83. The number of nitrogens with zero attached hydrogens (tertiary/aromatic N) is 2. The maximum Gasteiger partial charge on any atom is 0.194 e. The summed E-state index contributed by atoms with van der Waals surface area (Å²) in [5, 5.41) is 20.1. The van der Waals surface area contributed by atoms with E-state index in [0.717, 1.165) is 46.9 Å². The van der Waals surface area contributed by atoms with Gasteiger partial charge in [-0.3, -0.25) is 0 Å². The molecule has 0 saturated carbocycles. The van der Waals surface area contributed by atoms with E-state index in [2.05, 4.69) is 10.3 Å². The molecule has 9 heteroatoms. The number of allylic oxidation sites excluding steroid dienone is 3. The second-order valence-electron chi connectivity index (χ2n) is 9.06. The van der Waals surface area contributed by atoms with E-state index in [1.165, 1.54) is 0 Å². The average molecular weight is 527 g/mol. The van der Waals surface area contributed by atoms with Crippen LogP contribution in [0.4, 0.5) is 13.2 Å². The summed E-state index contributed by atoms with van der Waals surface area (Å²) in [6, 6.07) is 7.91. The van der Waals surface area contributed by atoms with Gasteiger partial charge < -0.3 is 25.1 Å². The number of piperidine rings is 1. The van der Waals surface area contributed by atoms with Crippen LogP contribution in [0.5, 0.6) is 5.75 Å². The van der Waals surface area contributed by atoms with Crippen LogP contribution in [0.25, 0.3) is 11.8 Å². The van der Waals surface area contributed by atoms with Gasteiger partial charge in [-0.05, 0) is 68.2 Å². The van der Waals surface area contributed by atoms with Crippen molar-refractivity contribution in [3.8, 4) is 11.4 Å². The number of nitrogens with one attached hydrogen (secondary N) is 2.